The van der Waals surface area contributed by atoms with Gasteiger partial charge in [0.25, 0.3) is 0 Å². The highest BCUT2D eigenvalue weighted by Crippen LogP contribution is 2.35. The third-order valence-corrected chi connectivity index (χ3v) is 8.56. The first-order valence-electron chi connectivity index (χ1n) is 14.5. The molecule has 8 nitrogen and oxygen atoms in total. The molecule has 3 aromatic carbocycles. The molecule has 5 rings (SSSR count). The minimum atomic E-state index is -0.863. The van der Waals surface area contributed by atoms with Crippen LogP contribution in [0.1, 0.15) is 42.9 Å². The van der Waals surface area contributed by atoms with Gasteiger partial charge in [-0.3, -0.25) is 9.69 Å². The number of amides is 3. The van der Waals surface area contributed by atoms with E-state index in [9.17, 15) is 14.7 Å². The van der Waals surface area contributed by atoms with Crippen molar-refractivity contribution in [1.82, 2.24) is 25.1 Å². The molecule has 41 heavy (non-hydrogen) atoms. The SMILES string of the molecule is CCC(C)[C@H]1C(O)N(CC(c2ccccc2)c2ccccc2)C[C@H]2N1C(=O)CN(C)N2C(=O)NCc1ccccc1. The quantitative estimate of drug-likeness (QED) is 0.438. The topological polar surface area (TPSA) is 79.4 Å². The Labute approximate surface area is 243 Å². The van der Waals surface area contributed by atoms with Crippen LogP contribution in [0.4, 0.5) is 4.79 Å². The number of hydrogen-bond donors (Lipinski definition) is 2. The van der Waals surface area contributed by atoms with Crippen molar-refractivity contribution >= 4 is 11.9 Å². The van der Waals surface area contributed by atoms with Crippen LogP contribution in [0, 0.1) is 5.92 Å². The van der Waals surface area contributed by atoms with Gasteiger partial charge >= 0.3 is 6.03 Å². The smallest absolute Gasteiger partial charge is 0.334 e. The van der Waals surface area contributed by atoms with E-state index in [4.69, 9.17) is 0 Å². The zero-order valence-corrected chi connectivity index (χ0v) is 24.1. The van der Waals surface area contributed by atoms with E-state index in [-0.39, 0.29) is 30.3 Å². The van der Waals surface area contributed by atoms with Gasteiger partial charge in [-0.15, -0.1) is 0 Å². The number of hydrazine groups is 1. The highest BCUT2D eigenvalue weighted by molar-refractivity contribution is 5.83. The molecule has 2 aliphatic heterocycles. The van der Waals surface area contributed by atoms with Crippen molar-refractivity contribution in [2.45, 2.75) is 51.2 Å². The van der Waals surface area contributed by atoms with Crippen molar-refractivity contribution in [2.75, 3.05) is 26.7 Å². The van der Waals surface area contributed by atoms with Crippen molar-refractivity contribution in [2.24, 2.45) is 5.92 Å². The molecule has 3 aromatic rings. The van der Waals surface area contributed by atoms with Gasteiger partial charge < -0.3 is 15.3 Å². The largest absolute Gasteiger partial charge is 0.376 e. The van der Waals surface area contributed by atoms with Crippen molar-refractivity contribution in [3.05, 3.63) is 108 Å². The summed E-state index contributed by atoms with van der Waals surface area (Å²) in [4.78, 5) is 31.1. The molecule has 2 heterocycles. The number of urea groups is 1. The minimum Gasteiger partial charge on any atom is -0.376 e. The summed E-state index contributed by atoms with van der Waals surface area (Å²) in [5, 5.41) is 18.3. The Bertz CT molecular complexity index is 1250. The molecule has 4 atom stereocenters. The second-order valence-corrected chi connectivity index (χ2v) is 11.2. The lowest BCUT2D eigenvalue weighted by Crippen LogP contribution is -2.77. The van der Waals surface area contributed by atoms with E-state index in [2.05, 4.69) is 48.3 Å². The first-order chi connectivity index (χ1) is 19.9. The van der Waals surface area contributed by atoms with Crippen molar-refractivity contribution in [3.8, 4) is 0 Å². The second-order valence-electron chi connectivity index (χ2n) is 11.2. The van der Waals surface area contributed by atoms with E-state index in [1.165, 1.54) is 0 Å². The van der Waals surface area contributed by atoms with Crippen LogP contribution < -0.4 is 5.32 Å². The minimum absolute atomic E-state index is 0.00793. The average molecular weight is 556 g/mol. The lowest BCUT2D eigenvalue weighted by Gasteiger charge is -2.58. The Kier molecular flexibility index (Phi) is 9.03. The van der Waals surface area contributed by atoms with Crippen LogP contribution in [0.25, 0.3) is 0 Å². The maximum atomic E-state index is 13.7. The predicted molar refractivity (Wildman–Crippen MR) is 159 cm³/mol. The standard InChI is InChI=1S/C33H41N5O3/c1-4-24(2)31-32(40)36(21-28(26-16-10-6-11-17-26)27-18-12-7-13-19-27)22-29-37(31)30(39)23-35(3)38(29)33(41)34-20-25-14-8-5-9-15-25/h5-19,24,28-29,31-32,40H,4,20-23H2,1-3H3,(H,34,41)/t24?,29-,31-,32?/m0/s1. The highest BCUT2D eigenvalue weighted by Gasteiger charge is 2.52. The summed E-state index contributed by atoms with van der Waals surface area (Å²) in [7, 11) is 1.78. The maximum Gasteiger partial charge on any atom is 0.334 e. The van der Waals surface area contributed by atoms with Gasteiger partial charge in [0, 0.05) is 32.6 Å². The third kappa shape index (κ3) is 6.15. The fraction of sp³-hybridized carbons (Fsp3) is 0.394. The molecule has 0 saturated carbocycles. The predicted octanol–water partition coefficient (Wildman–Crippen LogP) is 4.09. The molecule has 0 bridgehead atoms. The summed E-state index contributed by atoms with van der Waals surface area (Å²) in [6, 6.07) is 29.7. The molecule has 216 valence electrons. The van der Waals surface area contributed by atoms with Crippen LogP contribution >= 0.6 is 0 Å². The summed E-state index contributed by atoms with van der Waals surface area (Å²) in [5.74, 6) is -0.0337. The zero-order valence-electron chi connectivity index (χ0n) is 24.1. The Balaban J connectivity index is 1.47. The number of benzene rings is 3. The van der Waals surface area contributed by atoms with E-state index in [0.29, 0.717) is 19.6 Å². The van der Waals surface area contributed by atoms with Crippen LogP contribution in [0.5, 0.6) is 0 Å². The lowest BCUT2D eigenvalue weighted by molar-refractivity contribution is -0.213. The number of nitrogens with one attached hydrogen (secondary N) is 1. The van der Waals surface area contributed by atoms with Gasteiger partial charge in [0.15, 0.2) is 0 Å². The summed E-state index contributed by atoms with van der Waals surface area (Å²) < 4.78 is 0. The first kappa shape index (κ1) is 28.8. The van der Waals surface area contributed by atoms with Gasteiger partial charge in [-0.2, -0.15) is 0 Å². The molecule has 2 aliphatic rings. The number of likely N-dealkylation sites (N-methyl/N-ethyl adjacent to an activating group) is 1. The summed E-state index contributed by atoms with van der Waals surface area (Å²) >= 11 is 0. The number of aliphatic hydroxyl groups excluding tert-OH is 1. The van der Waals surface area contributed by atoms with Crippen molar-refractivity contribution in [1.29, 1.82) is 0 Å². The number of hydrogen-bond acceptors (Lipinski definition) is 5. The van der Waals surface area contributed by atoms with Gasteiger partial charge in [0.1, 0.15) is 12.4 Å². The van der Waals surface area contributed by atoms with Gasteiger partial charge in [-0.25, -0.2) is 14.8 Å². The number of nitrogens with zero attached hydrogens (tertiary/aromatic N) is 4. The van der Waals surface area contributed by atoms with Crippen LogP contribution in [-0.2, 0) is 11.3 Å². The van der Waals surface area contributed by atoms with Crippen molar-refractivity contribution < 1.29 is 14.7 Å². The number of carbonyl (C=O) groups excluding carboxylic acids is 2. The molecule has 2 fully saturated rings. The number of fused-ring (bicyclic) bond motifs is 1. The van der Waals surface area contributed by atoms with E-state index >= 15 is 0 Å². The molecular formula is C33H41N5O3. The molecule has 3 amide bonds. The summed E-state index contributed by atoms with van der Waals surface area (Å²) in [6.45, 7) is 5.49. The third-order valence-electron chi connectivity index (χ3n) is 8.56. The van der Waals surface area contributed by atoms with E-state index in [0.717, 1.165) is 23.1 Å². The molecular weight excluding hydrogens is 514 g/mol. The second kappa shape index (κ2) is 12.9. The zero-order chi connectivity index (χ0) is 28.9. The van der Waals surface area contributed by atoms with Gasteiger partial charge in [-0.05, 0) is 22.6 Å². The molecule has 0 spiro atoms. The van der Waals surface area contributed by atoms with E-state index in [1.54, 1.807) is 22.0 Å². The summed E-state index contributed by atoms with van der Waals surface area (Å²) in [6.07, 6.45) is -0.618. The van der Waals surface area contributed by atoms with Gasteiger partial charge in [-0.1, -0.05) is 111 Å². The molecule has 2 unspecified atom stereocenters. The number of piperazine rings is 1. The monoisotopic (exact) mass is 555 g/mol. The van der Waals surface area contributed by atoms with Gasteiger partial charge in [0.05, 0.1) is 12.6 Å². The number of aliphatic hydroxyl groups is 1. The first-order valence-corrected chi connectivity index (χ1v) is 14.5. The Morgan fingerprint density at radius 1 is 0.951 bits per heavy atom. The van der Waals surface area contributed by atoms with E-state index in [1.807, 2.05) is 66.7 Å². The van der Waals surface area contributed by atoms with Crippen LogP contribution in [-0.4, -0.2) is 82.0 Å². The Morgan fingerprint density at radius 2 is 1.51 bits per heavy atom. The van der Waals surface area contributed by atoms with Crippen molar-refractivity contribution in [3.63, 3.8) is 0 Å². The summed E-state index contributed by atoms with van der Waals surface area (Å²) in [5.41, 5.74) is 3.31. The lowest BCUT2D eigenvalue weighted by atomic mass is 9.88. The number of carbonyl (C=O) groups is 2. The fourth-order valence-corrected chi connectivity index (χ4v) is 6.22. The molecule has 2 saturated heterocycles. The Morgan fingerprint density at radius 3 is 2.07 bits per heavy atom. The Hall–Kier alpha value is -3.72. The normalized spacial score (nSPS) is 22.5. The molecule has 8 heteroatoms. The molecule has 2 N–H and O–H groups in total. The fourth-order valence-electron chi connectivity index (χ4n) is 6.22. The highest BCUT2D eigenvalue weighted by atomic mass is 16.3. The molecule has 0 radical (unpaired) electrons. The van der Waals surface area contributed by atoms with Crippen LogP contribution in [0.15, 0.2) is 91.0 Å². The maximum absolute atomic E-state index is 13.7. The van der Waals surface area contributed by atoms with E-state index < -0.39 is 18.4 Å². The van der Waals surface area contributed by atoms with Gasteiger partial charge in [0.2, 0.25) is 5.91 Å². The molecule has 0 aliphatic carbocycles. The average Bonchev–Trinajstić information content (AvgIpc) is 3.00. The number of rotatable bonds is 8. The van der Waals surface area contributed by atoms with Crippen LogP contribution in [0.2, 0.25) is 0 Å². The van der Waals surface area contributed by atoms with Crippen LogP contribution in [0.3, 0.4) is 0 Å². The molecule has 0 aromatic heterocycles.